The Balaban J connectivity index is 1.45. The van der Waals surface area contributed by atoms with E-state index in [0.717, 1.165) is 16.5 Å². The number of carbonyl (C=O) groups is 1. The van der Waals surface area contributed by atoms with Gasteiger partial charge >= 0.3 is 0 Å². The van der Waals surface area contributed by atoms with Crippen molar-refractivity contribution >= 4 is 26.8 Å². The van der Waals surface area contributed by atoms with Crippen LogP contribution in [0.15, 0.2) is 53.6 Å². The van der Waals surface area contributed by atoms with Crippen molar-refractivity contribution in [3.8, 4) is 11.5 Å². The van der Waals surface area contributed by atoms with E-state index in [0.29, 0.717) is 30.1 Å². The first-order valence-electron chi connectivity index (χ1n) is 10.7. The number of pyridine rings is 1. The Hall–Kier alpha value is -3.17. The van der Waals surface area contributed by atoms with E-state index in [1.807, 2.05) is 25.1 Å². The van der Waals surface area contributed by atoms with Gasteiger partial charge in [0.2, 0.25) is 15.9 Å². The lowest BCUT2D eigenvalue weighted by Crippen LogP contribution is -2.50. The van der Waals surface area contributed by atoms with Crippen LogP contribution in [-0.4, -0.2) is 68.9 Å². The summed E-state index contributed by atoms with van der Waals surface area (Å²) >= 11 is 0. The van der Waals surface area contributed by atoms with Gasteiger partial charge in [0.15, 0.2) is 11.5 Å². The summed E-state index contributed by atoms with van der Waals surface area (Å²) in [5.74, 6) is 1.12. The van der Waals surface area contributed by atoms with E-state index in [9.17, 15) is 13.2 Å². The number of nitrogens with zero attached hydrogens (tertiary/aromatic N) is 3. The third-order valence-corrected chi connectivity index (χ3v) is 7.75. The lowest BCUT2D eigenvalue weighted by Gasteiger charge is -2.34. The second kappa shape index (κ2) is 9.36. The highest BCUT2D eigenvalue weighted by Gasteiger charge is 2.31. The highest BCUT2D eigenvalue weighted by molar-refractivity contribution is 7.89. The van der Waals surface area contributed by atoms with Crippen molar-refractivity contribution in [2.24, 2.45) is 0 Å². The van der Waals surface area contributed by atoms with Crippen LogP contribution in [0, 0.1) is 6.92 Å². The van der Waals surface area contributed by atoms with Gasteiger partial charge in [-0.15, -0.1) is 0 Å². The van der Waals surface area contributed by atoms with Gasteiger partial charge in [-0.3, -0.25) is 9.78 Å². The SMILES string of the molecule is COc1ccc(CC(=O)N2CCN(S(=O)(=O)c3cccc4cc(C)cnc34)CC2)cc1OC. The number of hydrogen-bond donors (Lipinski definition) is 0. The highest BCUT2D eigenvalue weighted by Crippen LogP contribution is 2.28. The summed E-state index contributed by atoms with van der Waals surface area (Å²) in [5, 5.41) is 0.791. The highest BCUT2D eigenvalue weighted by atomic mass is 32.2. The maximum absolute atomic E-state index is 13.3. The summed E-state index contributed by atoms with van der Waals surface area (Å²) in [6.07, 6.45) is 1.88. The number of benzene rings is 2. The summed E-state index contributed by atoms with van der Waals surface area (Å²) in [6.45, 7) is 3.07. The van der Waals surface area contributed by atoms with E-state index in [1.165, 1.54) is 4.31 Å². The van der Waals surface area contributed by atoms with Gasteiger partial charge in [0.05, 0.1) is 26.2 Å². The van der Waals surface area contributed by atoms with Gasteiger partial charge in [-0.2, -0.15) is 4.31 Å². The van der Waals surface area contributed by atoms with Crippen LogP contribution in [0.5, 0.6) is 11.5 Å². The average molecular weight is 470 g/mol. The van der Waals surface area contributed by atoms with Crippen molar-refractivity contribution in [3.05, 3.63) is 59.8 Å². The Morgan fingerprint density at radius 2 is 1.73 bits per heavy atom. The molecule has 1 amide bonds. The van der Waals surface area contributed by atoms with Crippen LogP contribution in [0.4, 0.5) is 0 Å². The van der Waals surface area contributed by atoms with Gasteiger partial charge in [0.25, 0.3) is 0 Å². The molecule has 2 aromatic carbocycles. The maximum Gasteiger partial charge on any atom is 0.245 e. The third kappa shape index (κ3) is 4.65. The van der Waals surface area contributed by atoms with Gasteiger partial charge in [-0.25, -0.2) is 8.42 Å². The van der Waals surface area contributed by atoms with E-state index in [-0.39, 0.29) is 30.3 Å². The Labute approximate surface area is 193 Å². The van der Waals surface area contributed by atoms with Crippen molar-refractivity contribution in [2.45, 2.75) is 18.2 Å². The number of amides is 1. The zero-order valence-corrected chi connectivity index (χ0v) is 19.8. The van der Waals surface area contributed by atoms with E-state index in [2.05, 4.69) is 4.98 Å². The zero-order valence-electron chi connectivity index (χ0n) is 18.9. The first kappa shape index (κ1) is 23.0. The summed E-state index contributed by atoms with van der Waals surface area (Å²) in [7, 11) is -0.611. The van der Waals surface area contributed by atoms with E-state index in [4.69, 9.17) is 9.47 Å². The molecule has 0 aliphatic carbocycles. The number of ether oxygens (including phenoxy) is 2. The largest absolute Gasteiger partial charge is 0.493 e. The Bertz CT molecular complexity index is 1280. The fraction of sp³-hybridized carbons (Fsp3) is 0.333. The van der Waals surface area contributed by atoms with E-state index in [1.54, 1.807) is 49.6 Å². The van der Waals surface area contributed by atoms with Crippen molar-refractivity contribution in [1.29, 1.82) is 0 Å². The minimum Gasteiger partial charge on any atom is -0.493 e. The first-order chi connectivity index (χ1) is 15.8. The molecule has 0 saturated carbocycles. The molecule has 0 unspecified atom stereocenters. The van der Waals surface area contributed by atoms with Gasteiger partial charge in [-0.1, -0.05) is 18.2 Å². The molecule has 0 spiro atoms. The molecule has 1 aliphatic heterocycles. The Morgan fingerprint density at radius 1 is 1.00 bits per heavy atom. The number of sulfonamides is 1. The number of rotatable bonds is 6. The minimum atomic E-state index is -3.72. The van der Waals surface area contributed by atoms with Crippen LogP contribution in [0.2, 0.25) is 0 Å². The van der Waals surface area contributed by atoms with Crippen LogP contribution in [0.3, 0.4) is 0 Å². The molecule has 1 aliphatic rings. The predicted octanol–water partition coefficient (Wildman–Crippen LogP) is 2.64. The molecule has 1 saturated heterocycles. The van der Waals surface area contributed by atoms with Crippen LogP contribution in [0.25, 0.3) is 10.9 Å². The van der Waals surface area contributed by atoms with Gasteiger partial charge in [0.1, 0.15) is 4.90 Å². The fourth-order valence-electron chi connectivity index (χ4n) is 4.04. The van der Waals surface area contributed by atoms with E-state index >= 15 is 0 Å². The van der Waals surface area contributed by atoms with Gasteiger partial charge in [0, 0.05) is 37.8 Å². The molecule has 2 heterocycles. The number of para-hydroxylation sites is 1. The van der Waals surface area contributed by atoms with Crippen LogP contribution < -0.4 is 9.47 Å². The van der Waals surface area contributed by atoms with Crippen molar-refractivity contribution in [2.75, 3.05) is 40.4 Å². The maximum atomic E-state index is 13.3. The third-order valence-electron chi connectivity index (χ3n) is 5.82. The smallest absolute Gasteiger partial charge is 0.245 e. The molecule has 0 N–H and O–H groups in total. The van der Waals surface area contributed by atoms with Crippen LogP contribution in [0.1, 0.15) is 11.1 Å². The molecular weight excluding hydrogens is 442 g/mol. The van der Waals surface area contributed by atoms with Crippen molar-refractivity contribution in [3.63, 3.8) is 0 Å². The first-order valence-corrected chi connectivity index (χ1v) is 12.1. The normalized spacial score (nSPS) is 14.9. The van der Waals surface area contributed by atoms with Gasteiger partial charge < -0.3 is 14.4 Å². The summed E-state index contributed by atoms with van der Waals surface area (Å²) < 4.78 is 38.7. The molecule has 0 bridgehead atoms. The van der Waals surface area contributed by atoms with Crippen LogP contribution >= 0.6 is 0 Å². The molecule has 3 aromatic rings. The Kier molecular flexibility index (Phi) is 6.53. The number of aromatic nitrogens is 1. The van der Waals surface area contributed by atoms with Crippen LogP contribution in [-0.2, 0) is 21.2 Å². The number of aryl methyl sites for hydroxylation is 1. The summed E-state index contributed by atoms with van der Waals surface area (Å²) in [6, 6.07) is 12.5. The van der Waals surface area contributed by atoms with Gasteiger partial charge in [-0.05, 0) is 42.3 Å². The standard InChI is InChI=1S/C24H27N3O5S/c1-17-13-19-5-4-6-22(24(19)25-16-17)33(29,30)27-11-9-26(10-12-27)23(28)15-18-7-8-20(31-2)21(14-18)32-3/h4-8,13-14,16H,9-12,15H2,1-3H3. The molecule has 33 heavy (non-hydrogen) atoms. The number of methoxy groups -OCH3 is 2. The number of hydrogen-bond acceptors (Lipinski definition) is 6. The van der Waals surface area contributed by atoms with E-state index < -0.39 is 10.0 Å². The Morgan fingerprint density at radius 3 is 2.42 bits per heavy atom. The lowest BCUT2D eigenvalue weighted by molar-refractivity contribution is -0.131. The summed E-state index contributed by atoms with van der Waals surface area (Å²) in [5.41, 5.74) is 2.25. The molecule has 8 nitrogen and oxygen atoms in total. The molecular formula is C24H27N3O5S. The van der Waals surface area contributed by atoms with Crippen molar-refractivity contribution < 1.29 is 22.7 Å². The topological polar surface area (TPSA) is 89.0 Å². The fourth-order valence-corrected chi connectivity index (χ4v) is 5.63. The molecule has 0 radical (unpaired) electrons. The van der Waals surface area contributed by atoms with Crippen molar-refractivity contribution in [1.82, 2.24) is 14.2 Å². The second-order valence-electron chi connectivity index (χ2n) is 7.99. The molecule has 9 heteroatoms. The monoisotopic (exact) mass is 469 g/mol. The number of carbonyl (C=O) groups excluding carboxylic acids is 1. The second-order valence-corrected chi connectivity index (χ2v) is 9.90. The molecule has 1 fully saturated rings. The summed E-state index contributed by atoms with van der Waals surface area (Å²) in [4.78, 5) is 19.1. The predicted molar refractivity (Wildman–Crippen MR) is 125 cm³/mol. The minimum absolute atomic E-state index is 0.0541. The lowest BCUT2D eigenvalue weighted by atomic mass is 10.1. The number of piperazine rings is 1. The molecule has 1 aromatic heterocycles. The molecule has 174 valence electrons. The quantitative estimate of drug-likeness (QED) is 0.552. The average Bonchev–Trinajstić information content (AvgIpc) is 2.83. The number of fused-ring (bicyclic) bond motifs is 1. The molecule has 4 rings (SSSR count). The molecule has 0 atom stereocenters. The zero-order chi connectivity index (χ0) is 23.6.